The Morgan fingerprint density at radius 1 is 0.714 bits per heavy atom. The third kappa shape index (κ3) is 4.17. The molecular formula is C16H16CoN2O2. The summed E-state index contributed by atoms with van der Waals surface area (Å²) >= 11 is 0. The van der Waals surface area contributed by atoms with Crippen molar-refractivity contribution in [1.82, 2.24) is 0 Å². The minimum absolute atomic E-state index is 0. The summed E-state index contributed by atoms with van der Waals surface area (Å²) < 4.78 is 0. The van der Waals surface area contributed by atoms with Gasteiger partial charge in [-0.2, -0.15) is 0 Å². The molecule has 21 heavy (non-hydrogen) atoms. The SMILES string of the molecule is N=C(CCC(=N)c1ccccc1O)c1ccccc1O.[Co]. The molecule has 0 spiro atoms. The monoisotopic (exact) mass is 327 g/mol. The van der Waals surface area contributed by atoms with Crippen molar-refractivity contribution < 1.29 is 27.0 Å². The first-order valence-electron chi connectivity index (χ1n) is 6.31. The van der Waals surface area contributed by atoms with E-state index in [0.29, 0.717) is 24.0 Å². The average molecular weight is 327 g/mol. The first kappa shape index (κ1) is 16.9. The largest absolute Gasteiger partial charge is 0.507 e. The van der Waals surface area contributed by atoms with Crippen LogP contribution in [-0.4, -0.2) is 21.6 Å². The van der Waals surface area contributed by atoms with Gasteiger partial charge in [-0.1, -0.05) is 24.3 Å². The second-order valence-corrected chi connectivity index (χ2v) is 4.49. The predicted octanol–water partition coefficient (Wildman–Crippen LogP) is 3.31. The number of hydrogen-bond acceptors (Lipinski definition) is 4. The first-order chi connectivity index (χ1) is 9.59. The van der Waals surface area contributed by atoms with Crippen LogP contribution in [0.3, 0.4) is 0 Å². The Bertz CT molecular complexity index is 599. The van der Waals surface area contributed by atoms with Crippen LogP contribution < -0.4 is 0 Å². The number of nitrogens with one attached hydrogen (secondary N) is 2. The average Bonchev–Trinajstić information content (AvgIpc) is 2.45. The van der Waals surface area contributed by atoms with Gasteiger partial charge in [0.25, 0.3) is 0 Å². The fourth-order valence-corrected chi connectivity index (χ4v) is 1.98. The maximum Gasteiger partial charge on any atom is 0.124 e. The fourth-order valence-electron chi connectivity index (χ4n) is 1.98. The molecule has 2 rings (SSSR count). The molecule has 2 aromatic carbocycles. The van der Waals surface area contributed by atoms with E-state index in [0.717, 1.165) is 0 Å². The third-order valence-electron chi connectivity index (χ3n) is 3.08. The van der Waals surface area contributed by atoms with Crippen LogP contribution in [0, 0.1) is 10.8 Å². The number of benzene rings is 2. The third-order valence-corrected chi connectivity index (χ3v) is 3.08. The number of aromatic hydroxyl groups is 2. The van der Waals surface area contributed by atoms with Crippen molar-refractivity contribution in [2.45, 2.75) is 12.8 Å². The number of hydrogen-bond donors (Lipinski definition) is 4. The number of para-hydroxylation sites is 2. The van der Waals surface area contributed by atoms with E-state index in [4.69, 9.17) is 10.8 Å². The van der Waals surface area contributed by atoms with Crippen molar-refractivity contribution in [2.24, 2.45) is 0 Å². The van der Waals surface area contributed by atoms with E-state index in [-0.39, 0.29) is 39.7 Å². The first-order valence-corrected chi connectivity index (χ1v) is 6.31. The number of phenols is 2. The van der Waals surface area contributed by atoms with Gasteiger partial charge in [-0.3, -0.25) is 0 Å². The summed E-state index contributed by atoms with van der Waals surface area (Å²) in [6, 6.07) is 13.4. The van der Waals surface area contributed by atoms with Crippen LogP contribution in [0.2, 0.25) is 0 Å². The molecule has 0 amide bonds. The second kappa shape index (κ2) is 7.61. The molecule has 0 atom stereocenters. The zero-order chi connectivity index (χ0) is 14.5. The zero-order valence-corrected chi connectivity index (χ0v) is 12.3. The Kier molecular flexibility index (Phi) is 6.14. The molecule has 0 unspecified atom stereocenters. The van der Waals surface area contributed by atoms with Crippen molar-refractivity contribution in [3.63, 3.8) is 0 Å². The van der Waals surface area contributed by atoms with Crippen LogP contribution in [0.1, 0.15) is 24.0 Å². The predicted molar refractivity (Wildman–Crippen MR) is 79.1 cm³/mol. The van der Waals surface area contributed by atoms with Gasteiger partial charge in [0.1, 0.15) is 11.5 Å². The van der Waals surface area contributed by atoms with Gasteiger partial charge >= 0.3 is 0 Å². The Morgan fingerprint density at radius 3 is 1.38 bits per heavy atom. The summed E-state index contributed by atoms with van der Waals surface area (Å²) in [5.41, 5.74) is 1.53. The molecule has 0 aliphatic rings. The molecule has 0 aliphatic carbocycles. The van der Waals surface area contributed by atoms with E-state index in [9.17, 15) is 10.2 Å². The summed E-state index contributed by atoms with van der Waals surface area (Å²) in [5, 5.41) is 35.3. The van der Waals surface area contributed by atoms with Crippen molar-refractivity contribution in [2.75, 3.05) is 0 Å². The van der Waals surface area contributed by atoms with E-state index in [2.05, 4.69) is 0 Å². The van der Waals surface area contributed by atoms with Gasteiger partial charge in [0.15, 0.2) is 0 Å². The summed E-state index contributed by atoms with van der Waals surface area (Å²) in [5.74, 6) is 0.151. The number of phenolic OH excluding ortho intramolecular Hbond substituents is 2. The van der Waals surface area contributed by atoms with Gasteiger partial charge in [-0.05, 0) is 37.1 Å². The van der Waals surface area contributed by atoms with Crippen LogP contribution in [0.15, 0.2) is 48.5 Å². The summed E-state index contributed by atoms with van der Waals surface area (Å²) in [6.45, 7) is 0. The summed E-state index contributed by atoms with van der Waals surface area (Å²) in [7, 11) is 0. The quantitative estimate of drug-likeness (QED) is 0.635. The Hall–Kier alpha value is -2.11. The maximum absolute atomic E-state index is 9.67. The van der Waals surface area contributed by atoms with Gasteiger partial charge in [0.2, 0.25) is 0 Å². The molecule has 2 aromatic rings. The van der Waals surface area contributed by atoms with Crippen LogP contribution in [-0.2, 0) is 16.8 Å². The van der Waals surface area contributed by atoms with E-state index in [1.54, 1.807) is 36.4 Å². The summed E-state index contributed by atoms with van der Waals surface area (Å²) in [4.78, 5) is 0. The maximum atomic E-state index is 9.67. The normalized spacial score (nSPS) is 9.71. The molecule has 4 N–H and O–H groups in total. The fraction of sp³-hybridized carbons (Fsp3) is 0.125. The van der Waals surface area contributed by atoms with Crippen LogP contribution in [0.5, 0.6) is 11.5 Å². The molecule has 0 bridgehead atoms. The molecule has 1 radical (unpaired) electrons. The molecule has 0 aliphatic heterocycles. The van der Waals surface area contributed by atoms with Gasteiger partial charge in [0.05, 0.1) is 0 Å². The minimum atomic E-state index is 0. The Morgan fingerprint density at radius 2 is 1.05 bits per heavy atom. The Labute approximate surface area is 133 Å². The van der Waals surface area contributed by atoms with Crippen molar-refractivity contribution in [1.29, 1.82) is 10.8 Å². The smallest absolute Gasteiger partial charge is 0.124 e. The second-order valence-electron chi connectivity index (χ2n) is 4.49. The standard InChI is InChI=1S/C16H16N2O2.Co/c17-13(11-5-1-3-7-15(11)19)9-10-14(18)12-6-2-4-8-16(12)20;/h1-8,17-20H,9-10H2;. The van der Waals surface area contributed by atoms with Gasteiger partial charge in [-0.15, -0.1) is 0 Å². The van der Waals surface area contributed by atoms with E-state index >= 15 is 0 Å². The van der Waals surface area contributed by atoms with E-state index in [1.165, 1.54) is 12.1 Å². The molecule has 0 saturated carbocycles. The Balaban J connectivity index is 0.00000220. The summed E-state index contributed by atoms with van der Waals surface area (Å²) in [6.07, 6.45) is 0.676. The number of rotatable bonds is 5. The minimum Gasteiger partial charge on any atom is -0.507 e. The van der Waals surface area contributed by atoms with Gasteiger partial charge < -0.3 is 21.0 Å². The van der Waals surface area contributed by atoms with Crippen LogP contribution in [0.25, 0.3) is 0 Å². The topological polar surface area (TPSA) is 88.2 Å². The van der Waals surface area contributed by atoms with Crippen LogP contribution in [0.4, 0.5) is 0 Å². The molecule has 4 nitrogen and oxygen atoms in total. The van der Waals surface area contributed by atoms with Crippen molar-refractivity contribution in [3.05, 3.63) is 59.7 Å². The molecular weight excluding hydrogens is 311 g/mol. The van der Waals surface area contributed by atoms with E-state index in [1.807, 2.05) is 0 Å². The van der Waals surface area contributed by atoms with Crippen molar-refractivity contribution in [3.8, 4) is 11.5 Å². The van der Waals surface area contributed by atoms with Crippen LogP contribution >= 0.6 is 0 Å². The van der Waals surface area contributed by atoms with Crippen molar-refractivity contribution >= 4 is 11.4 Å². The molecule has 0 heterocycles. The van der Waals surface area contributed by atoms with Gasteiger partial charge in [0, 0.05) is 39.3 Å². The van der Waals surface area contributed by atoms with Gasteiger partial charge in [-0.25, -0.2) is 0 Å². The molecule has 111 valence electrons. The molecule has 0 fully saturated rings. The van der Waals surface area contributed by atoms with E-state index < -0.39 is 0 Å². The molecule has 0 aromatic heterocycles. The molecule has 0 saturated heterocycles. The molecule has 5 heteroatoms. The zero-order valence-electron chi connectivity index (χ0n) is 11.3.